The lowest BCUT2D eigenvalue weighted by Gasteiger charge is -2.37. The Kier molecular flexibility index (Phi) is 4.68. The average molecular weight is 400 g/mol. The average Bonchev–Trinajstić information content (AvgIpc) is 2.61. The van der Waals surface area contributed by atoms with Crippen LogP contribution < -0.4 is 11.1 Å². The van der Waals surface area contributed by atoms with Gasteiger partial charge in [0.25, 0.3) is 11.9 Å². The number of nitrogens with two attached hydrogens (primary N) is 1. The fourth-order valence-electron chi connectivity index (χ4n) is 2.49. The van der Waals surface area contributed by atoms with Gasteiger partial charge in [0.2, 0.25) is 5.82 Å². The fraction of sp³-hybridized carbons (Fsp3) is 0.250. The number of hydrogen-bond donors (Lipinski definition) is 2. The second-order valence-corrected chi connectivity index (χ2v) is 6.33. The molecule has 0 saturated carbocycles. The Morgan fingerprint density at radius 1 is 1.33 bits per heavy atom. The largest absolute Gasteiger partial charge is 0.459 e. The molecular formula is C16H13ClF3N5O2. The van der Waals surface area contributed by atoms with Crippen LogP contribution in [0.25, 0.3) is 0 Å². The Morgan fingerprint density at radius 3 is 2.67 bits per heavy atom. The van der Waals surface area contributed by atoms with Gasteiger partial charge < -0.3 is 15.8 Å². The molecule has 1 amide bonds. The first-order valence-corrected chi connectivity index (χ1v) is 7.95. The molecule has 1 aromatic heterocycles. The van der Waals surface area contributed by atoms with Gasteiger partial charge >= 0.3 is 5.92 Å². The molecule has 3 N–H and O–H groups in total. The minimum Gasteiger partial charge on any atom is -0.459 e. The van der Waals surface area contributed by atoms with Crippen LogP contribution in [0.5, 0.6) is 0 Å². The zero-order chi connectivity index (χ0) is 19.8. The summed E-state index contributed by atoms with van der Waals surface area (Å²) >= 11 is 5.65. The standard InChI is InChI=1S/C16H13ClF3N5O2/c1-15(16(19,20)7-27-14(21)25-15)10-4-9(2-3-11(10)18)24-13(26)12-22-5-8(17)6-23-12/h2-6H,7H2,1H3,(H2,21,25)(H,24,26)/t15-/m1/s1. The molecule has 7 nitrogen and oxygen atoms in total. The van der Waals surface area contributed by atoms with Crippen LogP contribution in [0.4, 0.5) is 18.9 Å². The third kappa shape index (κ3) is 3.52. The van der Waals surface area contributed by atoms with Gasteiger partial charge in [-0.3, -0.25) is 4.79 Å². The Balaban J connectivity index is 1.96. The minimum absolute atomic E-state index is 0.0484. The first kappa shape index (κ1) is 18.9. The van der Waals surface area contributed by atoms with E-state index in [4.69, 9.17) is 17.3 Å². The maximum absolute atomic E-state index is 14.4. The van der Waals surface area contributed by atoms with Crippen molar-refractivity contribution >= 4 is 29.2 Å². The van der Waals surface area contributed by atoms with E-state index in [1.54, 1.807) is 0 Å². The number of nitrogens with one attached hydrogen (secondary N) is 1. The summed E-state index contributed by atoms with van der Waals surface area (Å²) in [6, 6.07) is 2.72. The summed E-state index contributed by atoms with van der Waals surface area (Å²) in [5.41, 5.74) is 2.69. The lowest BCUT2D eigenvalue weighted by molar-refractivity contribution is -0.117. The number of carbonyl (C=O) groups is 1. The van der Waals surface area contributed by atoms with Gasteiger partial charge in [-0.05, 0) is 25.1 Å². The van der Waals surface area contributed by atoms with Crippen LogP contribution >= 0.6 is 11.6 Å². The lowest BCUT2D eigenvalue weighted by atomic mass is 9.85. The maximum Gasteiger partial charge on any atom is 0.310 e. The summed E-state index contributed by atoms with van der Waals surface area (Å²) in [4.78, 5) is 23.3. The van der Waals surface area contributed by atoms with Crippen LogP contribution in [-0.4, -0.2) is 34.4 Å². The van der Waals surface area contributed by atoms with Crippen LogP contribution in [-0.2, 0) is 10.3 Å². The Morgan fingerprint density at radius 2 is 2.00 bits per heavy atom. The quantitative estimate of drug-likeness (QED) is 0.826. The molecule has 0 fully saturated rings. The normalized spacial score (nSPS) is 21.1. The minimum atomic E-state index is -3.53. The van der Waals surface area contributed by atoms with Crippen molar-refractivity contribution in [2.24, 2.45) is 10.7 Å². The Bertz CT molecular complexity index is 923. The predicted octanol–water partition coefficient (Wildman–Crippen LogP) is 2.72. The van der Waals surface area contributed by atoms with Gasteiger partial charge in [0, 0.05) is 23.6 Å². The zero-order valence-corrected chi connectivity index (χ0v) is 14.6. The van der Waals surface area contributed by atoms with Crippen molar-refractivity contribution in [2.45, 2.75) is 18.4 Å². The van der Waals surface area contributed by atoms with Crippen molar-refractivity contribution in [1.29, 1.82) is 0 Å². The van der Waals surface area contributed by atoms with Crippen LogP contribution in [0.2, 0.25) is 5.02 Å². The van der Waals surface area contributed by atoms with Crippen LogP contribution in [0.3, 0.4) is 0 Å². The van der Waals surface area contributed by atoms with E-state index in [2.05, 4.69) is 25.0 Å². The molecule has 0 bridgehead atoms. The molecule has 0 aliphatic carbocycles. The highest BCUT2D eigenvalue weighted by atomic mass is 35.5. The number of aliphatic imine (C=N–C) groups is 1. The predicted molar refractivity (Wildman–Crippen MR) is 91.3 cm³/mol. The highest BCUT2D eigenvalue weighted by molar-refractivity contribution is 6.30. The number of amidine groups is 1. The molecule has 142 valence electrons. The fourth-order valence-corrected chi connectivity index (χ4v) is 2.59. The molecular weight excluding hydrogens is 387 g/mol. The molecule has 2 heterocycles. The molecule has 1 aliphatic heterocycles. The SMILES string of the molecule is C[C@]1(c2cc(NC(=O)c3ncc(Cl)cn3)ccc2F)N=C(N)OCC1(F)F. The topological polar surface area (TPSA) is 102 Å². The molecule has 1 atom stereocenters. The molecule has 0 radical (unpaired) electrons. The second-order valence-electron chi connectivity index (χ2n) is 5.89. The van der Waals surface area contributed by atoms with E-state index in [9.17, 15) is 18.0 Å². The van der Waals surface area contributed by atoms with Crippen molar-refractivity contribution < 1.29 is 22.7 Å². The van der Waals surface area contributed by atoms with Gasteiger partial charge in [0.15, 0.2) is 12.1 Å². The first-order valence-electron chi connectivity index (χ1n) is 7.57. The van der Waals surface area contributed by atoms with E-state index in [0.717, 1.165) is 19.1 Å². The number of halogens is 4. The molecule has 0 unspecified atom stereocenters. The second kappa shape index (κ2) is 6.69. The van der Waals surface area contributed by atoms with Gasteiger partial charge in [0.1, 0.15) is 5.82 Å². The summed E-state index contributed by atoms with van der Waals surface area (Å²) < 4.78 is 47.7. The molecule has 2 aromatic rings. The van der Waals surface area contributed by atoms with E-state index in [0.29, 0.717) is 0 Å². The van der Waals surface area contributed by atoms with E-state index in [1.807, 2.05) is 0 Å². The molecule has 1 aromatic carbocycles. The first-order chi connectivity index (χ1) is 12.6. The smallest absolute Gasteiger partial charge is 0.310 e. The number of nitrogens with zero attached hydrogens (tertiary/aromatic N) is 3. The Hall–Kier alpha value is -2.88. The third-order valence-electron chi connectivity index (χ3n) is 4.02. The Labute approximate surface area is 156 Å². The van der Waals surface area contributed by atoms with Crippen molar-refractivity contribution in [3.63, 3.8) is 0 Å². The molecule has 0 saturated heterocycles. The van der Waals surface area contributed by atoms with Crippen molar-refractivity contribution in [3.05, 3.63) is 52.8 Å². The number of aromatic nitrogens is 2. The van der Waals surface area contributed by atoms with Crippen molar-refractivity contribution in [3.8, 4) is 0 Å². The number of amides is 1. The van der Waals surface area contributed by atoms with E-state index < -0.39 is 41.4 Å². The zero-order valence-electron chi connectivity index (χ0n) is 13.8. The number of rotatable bonds is 3. The molecule has 0 spiro atoms. The van der Waals surface area contributed by atoms with E-state index >= 15 is 0 Å². The maximum atomic E-state index is 14.4. The summed E-state index contributed by atoms with van der Waals surface area (Å²) in [5, 5.41) is 2.65. The molecule has 3 rings (SSSR count). The van der Waals surface area contributed by atoms with Crippen LogP contribution in [0.1, 0.15) is 23.1 Å². The van der Waals surface area contributed by atoms with Crippen LogP contribution in [0, 0.1) is 5.82 Å². The monoisotopic (exact) mass is 399 g/mol. The summed E-state index contributed by atoms with van der Waals surface area (Å²) in [5.74, 6) is -5.39. The van der Waals surface area contributed by atoms with Crippen molar-refractivity contribution in [1.82, 2.24) is 9.97 Å². The summed E-state index contributed by atoms with van der Waals surface area (Å²) in [6.45, 7) is -0.0117. The number of ether oxygens (including phenoxy) is 1. The van der Waals surface area contributed by atoms with Crippen molar-refractivity contribution in [2.75, 3.05) is 11.9 Å². The summed E-state index contributed by atoms with van der Waals surface area (Å²) in [7, 11) is 0. The number of anilines is 1. The molecule has 27 heavy (non-hydrogen) atoms. The highest BCUT2D eigenvalue weighted by Gasteiger charge is 2.56. The number of carbonyl (C=O) groups excluding carboxylic acids is 1. The van der Waals surface area contributed by atoms with Gasteiger partial charge in [-0.15, -0.1) is 0 Å². The lowest BCUT2D eigenvalue weighted by Crippen LogP contribution is -2.51. The van der Waals surface area contributed by atoms with Gasteiger partial charge in [-0.1, -0.05) is 11.6 Å². The van der Waals surface area contributed by atoms with Crippen LogP contribution in [0.15, 0.2) is 35.6 Å². The molecule has 1 aliphatic rings. The number of alkyl halides is 2. The number of benzene rings is 1. The summed E-state index contributed by atoms with van der Waals surface area (Å²) in [6.07, 6.45) is 2.45. The van der Waals surface area contributed by atoms with Gasteiger partial charge in [-0.2, -0.15) is 8.78 Å². The highest BCUT2D eigenvalue weighted by Crippen LogP contribution is 2.44. The number of hydrogen-bond acceptors (Lipinski definition) is 6. The van der Waals surface area contributed by atoms with E-state index in [-0.39, 0.29) is 16.5 Å². The molecule has 11 heteroatoms. The third-order valence-corrected chi connectivity index (χ3v) is 4.21. The van der Waals surface area contributed by atoms with Gasteiger partial charge in [-0.25, -0.2) is 19.4 Å². The van der Waals surface area contributed by atoms with Gasteiger partial charge in [0.05, 0.1) is 5.02 Å². The van der Waals surface area contributed by atoms with E-state index in [1.165, 1.54) is 18.5 Å².